The summed E-state index contributed by atoms with van der Waals surface area (Å²) in [5.41, 5.74) is 0. The lowest BCUT2D eigenvalue weighted by molar-refractivity contribution is 0.159. The number of nitrogens with zero attached hydrogens (tertiary/aromatic N) is 1. The van der Waals surface area contributed by atoms with E-state index in [0.29, 0.717) is 0 Å². The maximum Gasteiger partial charge on any atom is 0.0589 e. The van der Waals surface area contributed by atoms with E-state index in [1.54, 1.807) is 7.11 Å². The first-order valence-electron chi connectivity index (χ1n) is 4.58. The first-order chi connectivity index (χ1) is 5.36. The summed E-state index contributed by atoms with van der Waals surface area (Å²) >= 11 is 0. The number of hydrogen-bond donors (Lipinski definition) is 0. The van der Waals surface area contributed by atoms with Gasteiger partial charge in [-0.25, -0.2) is 0 Å². The second-order valence-electron chi connectivity index (χ2n) is 3.36. The molecule has 0 saturated carbocycles. The fourth-order valence-corrected chi connectivity index (χ4v) is 1.67. The summed E-state index contributed by atoms with van der Waals surface area (Å²) < 4.78 is 5.03. The zero-order valence-corrected chi connectivity index (χ0v) is 7.68. The Hall–Kier alpha value is -0.0800. The molecule has 0 spiro atoms. The lowest BCUT2D eigenvalue weighted by atomic mass is 10.1. The highest BCUT2D eigenvalue weighted by atomic mass is 16.5. The van der Waals surface area contributed by atoms with Gasteiger partial charge in [-0.05, 0) is 18.9 Å². The SMILES string of the molecule is CCC1CCN(CCOC)C1. The minimum absolute atomic E-state index is 0.885. The molecule has 1 rings (SSSR count). The Kier molecular flexibility index (Phi) is 3.87. The zero-order chi connectivity index (χ0) is 8.10. The molecule has 1 unspecified atom stereocenters. The predicted octanol–water partition coefficient (Wildman–Crippen LogP) is 1.36. The van der Waals surface area contributed by atoms with Crippen LogP contribution in [-0.2, 0) is 4.74 Å². The van der Waals surface area contributed by atoms with E-state index in [1.807, 2.05) is 0 Å². The first kappa shape index (κ1) is 9.01. The van der Waals surface area contributed by atoms with Crippen molar-refractivity contribution in [3.63, 3.8) is 0 Å². The van der Waals surface area contributed by atoms with Crippen molar-refractivity contribution in [1.82, 2.24) is 4.90 Å². The average molecular weight is 157 g/mol. The quantitative estimate of drug-likeness (QED) is 0.611. The number of methoxy groups -OCH3 is 1. The molecule has 0 amide bonds. The Morgan fingerprint density at radius 3 is 2.91 bits per heavy atom. The predicted molar refractivity (Wildman–Crippen MR) is 46.7 cm³/mol. The van der Waals surface area contributed by atoms with E-state index < -0.39 is 0 Å². The van der Waals surface area contributed by atoms with Crippen molar-refractivity contribution >= 4 is 0 Å². The normalized spacial score (nSPS) is 26.2. The molecule has 0 N–H and O–H groups in total. The van der Waals surface area contributed by atoms with Crippen molar-refractivity contribution in [1.29, 1.82) is 0 Å². The first-order valence-corrected chi connectivity index (χ1v) is 4.58. The Morgan fingerprint density at radius 2 is 2.36 bits per heavy atom. The summed E-state index contributed by atoms with van der Waals surface area (Å²) in [6.45, 7) is 6.86. The van der Waals surface area contributed by atoms with Crippen molar-refractivity contribution in [3.05, 3.63) is 0 Å². The smallest absolute Gasteiger partial charge is 0.0589 e. The van der Waals surface area contributed by atoms with Gasteiger partial charge in [-0.2, -0.15) is 0 Å². The van der Waals surface area contributed by atoms with Gasteiger partial charge in [0.2, 0.25) is 0 Å². The fraction of sp³-hybridized carbons (Fsp3) is 1.00. The van der Waals surface area contributed by atoms with Crippen molar-refractivity contribution in [2.24, 2.45) is 5.92 Å². The molecule has 0 aromatic rings. The van der Waals surface area contributed by atoms with Gasteiger partial charge in [0.1, 0.15) is 0 Å². The molecule has 11 heavy (non-hydrogen) atoms. The summed E-state index contributed by atoms with van der Waals surface area (Å²) in [5.74, 6) is 0.951. The van der Waals surface area contributed by atoms with Gasteiger partial charge in [-0.1, -0.05) is 13.3 Å². The van der Waals surface area contributed by atoms with Crippen molar-refractivity contribution in [2.45, 2.75) is 19.8 Å². The van der Waals surface area contributed by atoms with Crippen LogP contribution in [0, 0.1) is 5.92 Å². The molecular formula is C9H19NO. The summed E-state index contributed by atoms with van der Waals surface area (Å²) in [6, 6.07) is 0. The van der Waals surface area contributed by atoms with Gasteiger partial charge in [0.25, 0.3) is 0 Å². The van der Waals surface area contributed by atoms with Crippen LogP contribution >= 0.6 is 0 Å². The molecule has 0 aromatic carbocycles. The largest absolute Gasteiger partial charge is 0.383 e. The molecule has 1 atom stereocenters. The van der Waals surface area contributed by atoms with Gasteiger partial charge in [0.05, 0.1) is 6.61 Å². The summed E-state index contributed by atoms with van der Waals surface area (Å²) in [4.78, 5) is 2.50. The van der Waals surface area contributed by atoms with Crippen molar-refractivity contribution < 1.29 is 4.74 Å². The van der Waals surface area contributed by atoms with Gasteiger partial charge in [-0.3, -0.25) is 0 Å². The minimum atomic E-state index is 0.885. The molecule has 0 bridgehead atoms. The van der Waals surface area contributed by atoms with Crippen LogP contribution in [0.3, 0.4) is 0 Å². The summed E-state index contributed by atoms with van der Waals surface area (Å²) in [7, 11) is 1.77. The molecule has 66 valence electrons. The third kappa shape index (κ3) is 2.80. The zero-order valence-electron chi connectivity index (χ0n) is 7.68. The standard InChI is InChI=1S/C9H19NO/c1-3-9-4-5-10(8-9)6-7-11-2/h9H,3-8H2,1-2H3. The van der Waals surface area contributed by atoms with Crippen LogP contribution in [0.1, 0.15) is 19.8 Å². The van der Waals surface area contributed by atoms with Gasteiger partial charge >= 0.3 is 0 Å². The molecule has 1 fully saturated rings. The lowest BCUT2D eigenvalue weighted by Crippen LogP contribution is -2.24. The van der Waals surface area contributed by atoms with E-state index in [-0.39, 0.29) is 0 Å². The van der Waals surface area contributed by atoms with Gasteiger partial charge < -0.3 is 9.64 Å². The monoisotopic (exact) mass is 157 g/mol. The highest BCUT2D eigenvalue weighted by Crippen LogP contribution is 2.18. The van der Waals surface area contributed by atoms with Crippen LogP contribution in [0.25, 0.3) is 0 Å². The second kappa shape index (κ2) is 4.73. The molecule has 0 aliphatic carbocycles. The molecule has 2 heteroatoms. The van der Waals surface area contributed by atoms with Crippen LogP contribution in [0.15, 0.2) is 0 Å². The van der Waals surface area contributed by atoms with E-state index in [2.05, 4.69) is 11.8 Å². The highest BCUT2D eigenvalue weighted by molar-refractivity contribution is 4.73. The lowest BCUT2D eigenvalue weighted by Gasteiger charge is -2.14. The fourth-order valence-electron chi connectivity index (χ4n) is 1.67. The second-order valence-corrected chi connectivity index (χ2v) is 3.36. The number of rotatable bonds is 4. The Morgan fingerprint density at radius 1 is 1.55 bits per heavy atom. The Bertz CT molecular complexity index is 106. The third-order valence-corrected chi connectivity index (χ3v) is 2.56. The van der Waals surface area contributed by atoms with E-state index in [0.717, 1.165) is 19.1 Å². The molecule has 1 aliphatic rings. The molecule has 1 saturated heterocycles. The van der Waals surface area contributed by atoms with Crippen LogP contribution < -0.4 is 0 Å². The Labute approximate surface area is 69.5 Å². The van der Waals surface area contributed by atoms with E-state index in [1.165, 1.54) is 25.9 Å². The summed E-state index contributed by atoms with van der Waals surface area (Å²) in [6.07, 6.45) is 2.73. The minimum Gasteiger partial charge on any atom is -0.383 e. The number of likely N-dealkylation sites (tertiary alicyclic amines) is 1. The van der Waals surface area contributed by atoms with Crippen LogP contribution in [0.4, 0.5) is 0 Å². The molecule has 0 radical (unpaired) electrons. The highest BCUT2D eigenvalue weighted by Gasteiger charge is 2.19. The van der Waals surface area contributed by atoms with Gasteiger partial charge in [0.15, 0.2) is 0 Å². The van der Waals surface area contributed by atoms with Crippen molar-refractivity contribution in [2.75, 3.05) is 33.4 Å². The van der Waals surface area contributed by atoms with Crippen LogP contribution in [0.2, 0.25) is 0 Å². The van der Waals surface area contributed by atoms with Gasteiger partial charge in [0, 0.05) is 20.2 Å². The van der Waals surface area contributed by atoms with E-state index in [9.17, 15) is 0 Å². The molecule has 1 aliphatic heterocycles. The van der Waals surface area contributed by atoms with Gasteiger partial charge in [-0.15, -0.1) is 0 Å². The molecular weight excluding hydrogens is 138 g/mol. The summed E-state index contributed by atoms with van der Waals surface area (Å²) in [5, 5.41) is 0. The van der Waals surface area contributed by atoms with Crippen LogP contribution in [0.5, 0.6) is 0 Å². The average Bonchev–Trinajstić information content (AvgIpc) is 2.48. The molecule has 1 heterocycles. The van der Waals surface area contributed by atoms with E-state index in [4.69, 9.17) is 4.74 Å². The molecule has 0 aromatic heterocycles. The maximum absolute atomic E-state index is 5.03. The van der Waals surface area contributed by atoms with Crippen molar-refractivity contribution in [3.8, 4) is 0 Å². The van der Waals surface area contributed by atoms with Crippen LogP contribution in [-0.4, -0.2) is 38.3 Å². The topological polar surface area (TPSA) is 12.5 Å². The maximum atomic E-state index is 5.03. The van der Waals surface area contributed by atoms with E-state index >= 15 is 0 Å². The third-order valence-electron chi connectivity index (χ3n) is 2.56. The Balaban J connectivity index is 2.09. The molecule has 2 nitrogen and oxygen atoms in total. The number of ether oxygens (including phenoxy) is 1. The number of hydrogen-bond acceptors (Lipinski definition) is 2.